The molecule has 0 fully saturated rings. The second kappa shape index (κ2) is 6.43. The molecule has 0 radical (unpaired) electrons. The average molecular weight is 304 g/mol. The van der Waals surface area contributed by atoms with Gasteiger partial charge in [-0.05, 0) is 19.1 Å². The molecule has 0 aliphatic rings. The number of hydrogen-bond donors (Lipinski definition) is 2. The molecule has 1 heterocycles. The Morgan fingerprint density at radius 3 is 2.86 bits per heavy atom. The van der Waals surface area contributed by atoms with E-state index >= 15 is 0 Å². The lowest BCUT2D eigenvalue weighted by atomic mass is 10.2. The smallest absolute Gasteiger partial charge is 0.311 e. The number of H-pyrrole nitrogens is 1. The molecule has 10 heteroatoms. The quantitative estimate of drug-likeness (QED) is 0.474. The van der Waals surface area contributed by atoms with Crippen LogP contribution in [-0.4, -0.2) is 33.4 Å². The van der Waals surface area contributed by atoms with E-state index in [4.69, 9.17) is 4.74 Å². The molecule has 2 rings (SSSR count). The van der Waals surface area contributed by atoms with Crippen molar-refractivity contribution in [2.24, 2.45) is 5.10 Å². The lowest BCUT2D eigenvalue weighted by Gasteiger charge is -2.02. The Morgan fingerprint density at radius 2 is 2.23 bits per heavy atom. The minimum absolute atomic E-state index is 0.0647. The Labute approximate surface area is 124 Å². The van der Waals surface area contributed by atoms with Crippen LogP contribution in [0.4, 0.5) is 11.6 Å². The van der Waals surface area contributed by atoms with Gasteiger partial charge in [-0.1, -0.05) is 0 Å². The van der Waals surface area contributed by atoms with E-state index in [1.165, 1.54) is 32.4 Å². The number of methoxy groups -OCH3 is 1. The lowest BCUT2D eigenvalue weighted by Crippen LogP contribution is -2.15. The third-order valence-corrected chi connectivity index (χ3v) is 2.64. The van der Waals surface area contributed by atoms with Crippen LogP contribution in [0.5, 0.6) is 5.75 Å². The van der Waals surface area contributed by atoms with Crippen molar-refractivity contribution in [2.75, 3.05) is 12.5 Å². The molecule has 0 aliphatic carbocycles. The number of benzene rings is 1. The molecule has 10 nitrogen and oxygen atoms in total. The fourth-order valence-electron chi connectivity index (χ4n) is 1.54. The van der Waals surface area contributed by atoms with Crippen LogP contribution < -0.4 is 15.7 Å². The Kier molecular flexibility index (Phi) is 4.41. The number of hydrogen-bond acceptors (Lipinski definition) is 8. The van der Waals surface area contributed by atoms with Gasteiger partial charge in [-0.3, -0.25) is 19.9 Å². The second-order valence-electron chi connectivity index (χ2n) is 4.15. The topological polar surface area (TPSA) is 135 Å². The zero-order valence-corrected chi connectivity index (χ0v) is 11.7. The second-order valence-corrected chi connectivity index (χ2v) is 4.15. The van der Waals surface area contributed by atoms with Gasteiger partial charge in [-0.25, -0.2) is 5.43 Å². The van der Waals surface area contributed by atoms with Gasteiger partial charge in [0.05, 0.1) is 18.2 Å². The number of aromatic nitrogens is 3. The van der Waals surface area contributed by atoms with Crippen molar-refractivity contribution in [2.45, 2.75) is 6.92 Å². The summed E-state index contributed by atoms with van der Waals surface area (Å²) in [5, 5.41) is 22.0. The molecule has 1 aromatic heterocycles. The standard InChI is InChI=1S/C12H12N6O4/c1-7-11(19)14-12(17-15-7)16-13-6-8-3-4-10(22-2)9(5-8)18(20)21/h3-6H,1-2H3,(H2,14,16,17,19)/b13-6+. The predicted molar refractivity (Wildman–Crippen MR) is 78.3 cm³/mol. The number of rotatable bonds is 5. The van der Waals surface area contributed by atoms with E-state index in [1.54, 1.807) is 6.07 Å². The van der Waals surface area contributed by atoms with Crippen LogP contribution in [-0.2, 0) is 0 Å². The largest absolute Gasteiger partial charge is 0.490 e. The number of ether oxygens (including phenoxy) is 1. The molecule has 0 saturated heterocycles. The SMILES string of the molecule is COc1ccc(/C=N/Nc2nnc(C)c(=O)[nH]2)cc1[N+](=O)[O-]. The number of anilines is 1. The monoisotopic (exact) mass is 304 g/mol. The van der Waals surface area contributed by atoms with E-state index in [0.717, 1.165) is 0 Å². The molecule has 22 heavy (non-hydrogen) atoms. The van der Waals surface area contributed by atoms with Gasteiger partial charge in [0.2, 0.25) is 5.95 Å². The van der Waals surface area contributed by atoms with Crippen LogP contribution in [0.25, 0.3) is 0 Å². The molecule has 0 unspecified atom stereocenters. The van der Waals surface area contributed by atoms with Crippen molar-refractivity contribution in [3.05, 3.63) is 49.9 Å². The summed E-state index contributed by atoms with van der Waals surface area (Å²) in [4.78, 5) is 24.1. The summed E-state index contributed by atoms with van der Waals surface area (Å²) < 4.78 is 4.90. The van der Waals surface area contributed by atoms with Gasteiger partial charge < -0.3 is 4.74 Å². The van der Waals surface area contributed by atoms with Crippen LogP contribution in [0.2, 0.25) is 0 Å². The summed E-state index contributed by atoms with van der Waals surface area (Å²) in [6.45, 7) is 1.52. The Morgan fingerprint density at radius 1 is 1.45 bits per heavy atom. The molecule has 114 valence electrons. The molecule has 0 bridgehead atoms. The zero-order valence-electron chi connectivity index (χ0n) is 11.7. The molecular formula is C12H12N6O4. The number of hydrazone groups is 1. The number of nitrogens with zero attached hydrogens (tertiary/aromatic N) is 4. The summed E-state index contributed by atoms with van der Waals surface area (Å²) in [5.74, 6) is 0.221. The van der Waals surface area contributed by atoms with Crippen molar-refractivity contribution < 1.29 is 9.66 Å². The van der Waals surface area contributed by atoms with E-state index in [1.807, 2.05) is 0 Å². The predicted octanol–water partition coefficient (Wildman–Crippen LogP) is 0.836. The van der Waals surface area contributed by atoms with Crippen molar-refractivity contribution in [3.8, 4) is 5.75 Å². The van der Waals surface area contributed by atoms with Crippen LogP contribution in [0.15, 0.2) is 28.1 Å². The van der Waals surface area contributed by atoms with E-state index in [2.05, 4.69) is 25.7 Å². The van der Waals surface area contributed by atoms with Crippen LogP contribution in [0.1, 0.15) is 11.3 Å². The minimum atomic E-state index is -0.549. The van der Waals surface area contributed by atoms with E-state index < -0.39 is 4.92 Å². The highest BCUT2D eigenvalue weighted by Crippen LogP contribution is 2.26. The fourth-order valence-corrected chi connectivity index (χ4v) is 1.54. The van der Waals surface area contributed by atoms with Crippen LogP contribution in [0, 0.1) is 17.0 Å². The summed E-state index contributed by atoms with van der Waals surface area (Å²) >= 11 is 0. The first-order valence-electron chi connectivity index (χ1n) is 6.06. The number of nitro groups is 1. The highest BCUT2D eigenvalue weighted by Gasteiger charge is 2.14. The molecular weight excluding hydrogens is 292 g/mol. The van der Waals surface area contributed by atoms with Crippen LogP contribution in [0.3, 0.4) is 0 Å². The molecule has 2 aromatic rings. The molecule has 2 N–H and O–H groups in total. The Hall–Kier alpha value is -3.30. The lowest BCUT2D eigenvalue weighted by molar-refractivity contribution is -0.385. The van der Waals surface area contributed by atoms with Gasteiger partial charge in [0, 0.05) is 11.6 Å². The maximum Gasteiger partial charge on any atom is 0.311 e. The van der Waals surface area contributed by atoms with E-state index in [0.29, 0.717) is 5.56 Å². The Balaban J connectivity index is 2.16. The van der Waals surface area contributed by atoms with Gasteiger partial charge in [-0.15, -0.1) is 10.2 Å². The van der Waals surface area contributed by atoms with Crippen molar-refractivity contribution >= 4 is 17.9 Å². The number of aromatic amines is 1. The first kappa shape index (κ1) is 15.1. The maximum absolute atomic E-state index is 11.3. The number of nitro benzene ring substituents is 1. The normalized spacial score (nSPS) is 10.6. The maximum atomic E-state index is 11.3. The Bertz CT molecular complexity index is 785. The first-order chi connectivity index (χ1) is 10.5. The van der Waals surface area contributed by atoms with Crippen LogP contribution >= 0.6 is 0 Å². The van der Waals surface area contributed by atoms with E-state index in [-0.39, 0.29) is 28.6 Å². The van der Waals surface area contributed by atoms with Crippen molar-refractivity contribution in [1.29, 1.82) is 0 Å². The molecule has 0 spiro atoms. The summed E-state index contributed by atoms with van der Waals surface area (Å²) in [6.07, 6.45) is 1.34. The molecule has 1 aromatic carbocycles. The minimum Gasteiger partial charge on any atom is -0.490 e. The fraction of sp³-hybridized carbons (Fsp3) is 0.167. The van der Waals surface area contributed by atoms with Crippen molar-refractivity contribution in [3.63, 3.8) is 0 Å². The van der Waals surface area contributed by atoms with Gasteiger partial charge in [0.15, 0.2) is 5.75 Å². The third-order valence-electron chi connectivity index (χ3n) is 2.64. The highest BCUT2D eigenvalue weighted by molar-refractivity contribution is 5.81. The summed E-state index contributed by atoms with van der Waals surface area (Å²) in [6, 6.07) is 4.38. The summed E-state index contributed by atoms with van der Waals surface area (Å²) in [5.41, 5.74) is 2.64. The molecule has 0 aliphatic heterocycles. The number of aryl methyl sites for hydroxylation is 1. The molecule has 0 atom stereocenters. The van der Waals surface area contributed by atoms with Gasteiger partial charge >= 0.3 is 5.69 Å². The third kappa shape index (κ3) is 3.42. The highest BCUT2D eigenvalue weighted by atomic mass is 16.6. The molecule has 0 amide bonds. The average Bonchev–Trinajstić information content (AvgIpc) is 2.50. The van der Waals surface area contributed by atoms with E-state index in [9.17, 15) is 14.9 Å². The van der Waals surface area contributed by atoms with Crippen molar-refractivity contribution in [1.82, 2.24) is 15.2 Å². The van der Waals surface area contributed by atoms with Gasteiger partial charge in [0.25, 0.3) is 5.56 Å². The zero-order chi connectivity index (χ0) is 16.1. The summed E-state index contributed by atoms with van der Waals surface area (Å²) in [7, 11) is 1.35. The first-order valence-corrected chi connectivity index (χ1v) is 6.06. The number of nitrogens with one attached hydrogen (secondary N) is 2. The molecule has 0 saturated carbocycles. The van der Waals surface area contributed by atoms with Gasteiger partial charge in [0.1, 0.15) is 5.69 Å². The van der Waals surface area contributed by atoms with Gasteiger partial charge in [-0.2, -0.15) is 5.10 Å².